The third kappa shape index (κ3) is 2.43. The number of rotatable bonds is 2. The molecule has 0 spiro atoms. The van der Waals surface area contributed by atoms with Crippen LogP contribution in [0.5, 0.6) is 17.2 Å². The fourth-order valence-electron chi connectivity index (χ4n) is 4.00. The summed E-state index contributed by atoms with van der Waals surface area (Å²) in [6.07, 6.45) is 1.04. The molecule has 23 heavy (non-hydrogen) atoms. The molecule has 1 aliphatic heterocycles. The summed E-state index contributed by atoms with van der Waals surface area (Å²) in [5, 5.41) is 19.9. The van der Waals surface area contributed by atoms with Crippen molar-refractivity contribution in [3.8, 4) is 17.2 Å². The standard InChI is InChI=1S/C19H20O4/c1-22-14-5-2-11(3-6-14)19-17-10-13(21)9-15(17)16-8-12(20)4-7-18(16)23-19/h2-8,13,15,17,19-21H,9-10H2,1H3/t13-,15-,17-,19-/m1/s1. The van der Waals surface area contributed by atoms with Crippen molar-refractivity contribution in [2.75, 3.05) is 7.11 Å². The number of methoxy groups -OCH3 is 1. The van der Waals surface area contributed by atoms with Crippen LogP contribution in [0, 0.1) is 5.92 Å². The van der Waals surface area contributed by atoms with Crippen molar-refractivity contribution in [2.24, 2.45) is 5.92 Å². The molecule has 4 rings (SSSR count). The van der Waals surface area contributed by atoms with Crippen LogP contribution in [0.25, 0.3) is 0 Å². The molecule has 4 atom stereocenters. The Bertz CT molecular complexity index is 710. The number of phenolic OH excluding ortho intramolecular Hbond substituents is 1. The zero-order chi connectivity index (χ0) is 16.0. The molecule has 1 fully saturated rings. The average Bonchev–Trinajstić information content (AvgIpc) is 2.96. The first-order chi connectivity index (χ1) is 11.2. The Morgan fingerprint density at radius 1 is 1.09 bits per heavy atom. The van der Waals surface area contributed by atoms with Crippen LogP contribution >= 0.6 is 0 Å². The summed E-state index contributed by atoms with van der Waals surface area (Å²) >= 11 is 0. The average molecular weight is 312 g/mol. The molecule has 2 N–H and O–H groups in total. The summed E-state index contributed by atoms with van der Waals surface area (Å²) in [7, 11) is 1.65. The number of aliphatic hydroxyl groups excluding tert-OH is 1. The highest BCUT2D eigenvalue weighted by molar-refractivity contribution is 5.46. The Balaban J connectivity index is 1.74. The van der Waals surface area contributed by atoms with Gasteiger partial charge in [0.05, 0.1) is 13.2 Å². The van der Waals surface area contributed by atoms with Crippen LogP contribution in [-0.4, -0.2) is 23.4 Å². The molecule has 2 aliphatic rings. The minimum Gasteiger partial charge on any atom is -0.508 e. The lowest BCUT2D eigenvalue weighted by Crippen LogP contribution is -2.26. The largest absolute Gasteiger partial charge is 0.508 e. The van der Waals surface area contributed by atoms with Crippen LogP contribution in [0.1, 0.15) is 36.0 Å². The lowest BCUT2D eigenvalue weighted by atomic mass is 9.80. The highest BCUT2D eigenvalue weighted by Gasteiger charge is 2.45. The Hall–Kier alpha value is -2.20. The minimum absolute atomic E-state index is 0.0832. The number of ether oxygens (including phenoxy) is 2. The van der Waals surface area contributed by atoms with Gasteiger partial charge in [0, 0.05) is 11.5 Å². The fraction of sp³-hybridized carbons (Fsp3) is 0.368. The molecule has 0 unspecified atom stereocenters. The second kappa shape index (κ2) is 5.46. The van der Waals surface area contributed by atoms with Crippen molar-refractivity contribution >= 4 is 0 Å². The number of hydrogen-bond acceptors (Lipinski definition) is 4. The van der Waals surface area contributed by atoms with E-state index in [1.807, 2.05) is 30.3 Å². The van der Waals surface area contributed by atoms with E-state index >= 15 is 0 Å². The molecule has 0 amide bonds. The van der Waals surface area contributed by atoms with Gasteiger partial charge in [0.15, 0.2) is 0 Å². The van der Waals surface area contributed by atoms with Gasteiger partial charge in [-0.25, -0.2) is 0 Å². The first-order valence-corrected chi connectivity index (χ1v) is 7.97. The lowest BCUT2D eigenvalue weighted by Gasteiger charge is -2.36. The summed E-state index contributed by atoms with van der Waals surface area (Å²) in [5.41, 5.74) is 2.10. The second-order valence-corrected chi connectivity index (χ2v) is 6.43. The summed E-state index contributed by atoms with van der Waals surface area (Å²) < 4.78 is 11.5. The predicted octanol–water partition coefficient (Wildman–Crippen LogP) is 3.39. The number of aromatic hydroxyl groups is 1. The number of hydrogen-bond donors (Lipinski definition) is 2. The van der Waals surface area contributed by atoms with E-state index in [-0.39, 0.29) is 29.8 Å². The van der Waals surface area contributed by atoms with Crippen molar-refractivity contribution in [1.29, 1.82) is 0 Å². The number of benzene rings is 2. The SMILES string of the molecule is COc1ccc([C@H]2Oc3ccc(O)cc3[C@H]3C[C@@H](O)C[C@H]32)cc1. The first-order valence-electron chi connectivity index (χ1n) is 7.97. The van der Waals surface area contributed by atoms with Gasteiger partial charge in [0.2, 0.25) is 0 Å². The maximum atomic E-state index is 10.2. The number of aliphatic hydroxyl groups is 1. The van der Waals surface area contributed by atoms with Gasteiger partial charge in [0.1, 0.15) is 23.4 Å². The molecule has 120 valence electrons. The molecule has 0 radical (unpaired) electrons. The third-order valence-electron chi connectivity index (χ3n) is 5.07. The van der Waals surface area contributed by atoms with Gasteiger partial charge >= 0.3 is 0 Å². The fourth-order valence-corrected chi connectivity index (χ4v) is 4.00. The zero-order valence-corrected chi connectivity index (χ0v) is 13.0. The van der Waals surface area contributed by atoms with Crippen LogP contribution in [0.3, 0.4) is 0 Å². The molecule has 0 saturated heterocycles. The minimum atomic E-state index is -0.317. The van der Waals surface area contributed by atoms with Crippen LogP contribution in [0.15, 0.2) is 42.5 Å². The molecular formula is C19H20O4. The van der Waals surface area contributed by atoms with Crippen LogP contribution in [-0.2, 0) is 0 Å². The van der Waals surface area contributed by atoms with Crippen LogP contribution in [0.2, 0.25) is 0 Å². The molecular weight excluding hydrogens is 292 g/mol. The quantitative estimate of drug-likeness (QED) is 0.892. The van der Waals surface area contributed by atoms with Crippen LogP contribution in [0.4, 0.5) is 0 Å². The van der Waals surface area contributed by atoms with E-state index < -0.39 is 0 Å². The molecule has 4 nitrogen and oxygen atoms in total. The van der Waals surface area contributed by atoms with E-state index in [1.54, 1.807) is 19.2 Å². The van der Waals surface area contributed by atoms with Crippen molar-refractivity contribution < 1.29 is 19.7 Å². The molecule has 2 aromatic rings. The number of phenols is 1. The lowest BCUT2D eigenvalue weighted by molar-refractivity contribution is 0.0960. The van der Waals surface area contributed by atoms with E-state index in [1.165, 1.54) is 0 Å². The van der Waals surface area contributed by atoms with Gasteiger partial charge in [-0.05, 0) is 54.7 Å². The zero-order valence-electron chi connectivity index (χ0n) is 13.0. The van der Waals surface area contributed by atoms with Gasteiger partial charge in [-0.1, -0.05) is 12.1 Å². The molecule has 1 saturated carbocycles. The molecule has 1 heterocycles. The first kappa shape index (κ1) is 14.4. The number of fused-ring (bicyclic) bond motifs is 3. The monoisotopic (exact) mass is 312 g/mol. The van der Waals surface area contributed by atoms with Crippen LogP contribution < -0.4 is 9.47 Å². The Morgan fingerprint density at radius 3 is 2.61 bits per heavy atom. The van der Waals surface area contributed by atoms with Gasteiger partial charge in [0.25, 0.3) is 0 Å². The van der Waals surface area contributed by atoms with E-state index in [0.29, 0.717) is 0 Å². The van der Waals surface area contributed by atoms with E-state index in [0.717, 1.165) is 35.5 Å². The third-order valence-corrected chi connectivity index (χ3v) is 5.07. The predicted molar refractivity (Wildman–Crippen MR) is 85.9 cm³/mol. The molecule has 0 bridgehead atoms. The van der Waals surface area contributed by atoms with Gasteiger partial charge in [-0.3, -0.25) is 0 Å². The van der Waals surface area contributed by atoms with Crippen molar-refractivity contribution in [3.05, 3.63) is 53.6 Å². The summed E-state index contributed by atoms with van der Waals surface area (Å²) in [4.78, 5) is 0. The molecule has 1 aliphatic carbocycles. The molecule has 4 heteroatoms. The van der Waals surface area contributed by atoms with E-state index in [2.05, 4.69) is 0 Å². The van der Waals surface area contributed by atoms with Gasteiger partial charge < -0.3 is 19.7 Å². The second-order valence-electron chi connectivity index (χ2n) is 6.43. The Labute approximate surface area is 135 Å². The molecule has 2 aromatic carbocycles. The van der Waals surface area contributed by atoms with E-state index in [4.69, 9.17) is 9.47 Å². The summed E-state index contributed by atoms with van der Waals surface area (Å²) in [6.45, 7) is 0. The van der Waals surface area contributed by atoms with Crippen molar-refractivity contribution in [2.45, 2.75) is 31.0 Å². The summed E-state index contributed by atoms with van der Waals surface area (Å²) in [5.74, 6) is 2.30. The maximum Gasteiger partial charge on any atom is 0.127 e. The van der Waals surface area contributed by atoms with Gasteiger partial charge in [-0.15, -0.1) is 0 Å². The highest BCUT2D eigenvalue weighted by atomic mass is 16.5. The Morgan fingerprint density at radius 2 is 1.87 bits per heavy atom. The normalized spacial score (nSPS) is 28.6. The smallest absolute Gasteiger partial charge is 0.127 e. The van der Waals surface area contributed by atoms with Gasteiger partial charge in [-0.2, -0.15) is 0 Å². The van der Waals surface area contributed by atoms with E-state index in [9.17, 15) is 10.2 Å². The summed E-state index contributed by atoms with van der Waals surface area (Å²) in [6, 6.07) is 13.2. The van der Waals surface area contributed by atoms with Crippen molar-refractivity contribution in [1.82, 2.24) is 0 Å². The maximum absolute atomic E-state index is 10.2. The molecule has 0 aromatic heterocycles. The topological polar surface area (TPSA) is 58.9 Å². The van der Waals surface area contributed by atoms with Crippen molar-refractivity contribution in [3.63, 3.8) is 0 Å². The highest BCUT2D eigenvalue weighted by Crippen LogP contribution is 2.54. The Kier molecular flexibility index (Phi) is 3.42.